The van der Waals surface area contributed by atoms with Crippen LogP contribution in [0.3, 0.4) is 0 Å². The first-order valence-corrected chi connectivity index (χ1v) is 8.81. The molecule has 8 heteroatoms. The lowest BCUT2D eigenvalue weighted by Crippen LogP contribution is -2.19. The molecule has 3 rings (SSSR count). The third kappa shape index (κ3) is 2.42. The van der Waals surface area contributed by atoms with Gasteiger partial charge in [0, 0.05) is 25.0 Å². The molecule has 0 atom stereocenters. The molecular weight excluding hydrogens is 370 g/mol. The first-order chi connectivity index (χ1) is 10.3. The van der Waals surface area contributed by atoms with Gasteiger partial charge in [0.05, 0.1) is 21.6 Å². The van der Waals surface area contributed by atoms with E-state index in [1.165, 1.54) is 9.13 Å². The van der Waals surface area contributed by atoms with Crippen LogP contribution in [0.25, 0.3) is 11.0 Å². The Hall–Kier alpha value is -1.80. The fraction of sp³-hybridized carbons (Fsp3) is 0.214. The fourth-order valence-electron chi connectivity index (χ4n) is 2.44. The van der Waals surface area contributed by atoms with Gasteiger partial charge in [-0.3, -0.25) is 13.9 Å². The molecule has 1 heterocycles. The number of imidazole rings is 1. The number of nitrogens with one attached hydrogen (secondary N) is 1. The predicted molar refractivity (Wildman–Crippen MR) is 90.4 cm³/mol. The Morgan fingerprint density at radius 3 is 2.45 bits per heavy atom. The van der Waals surface area contributed by atoms with Crippen molar-refractivity contribution < 1.29 is 8.42 Å². The van der Waals surface area contributed by atoms with Crippen LogP contribution in [0.5, 0.6) is 0 Å². The van der Waals surface area contributed by atoms with E-state index in [-0.39, 0.29) is 5.69 Å². The summed E-state index contributed by atoms with van der Waals surface area (Å²) in [6, 6.07) is 5.04. The molecule has 0 saturated heterocycles. The molecule has 1 aliphatic carbocycles. The molecule has 2 aromatic rings. The second-order valence-electron chi connectivity index (χ2n) is 5.13. The fourth-order valence-corrected chi connectivity index (χ4v) is 4.22. The lowest BCUT2D eigenvalue weighted by molar-refractivity contribution is 0.606. The van der Waals surface area contributed by atoms with Gasteiger partial charge in [0.2, 0.25) is 0 Å². The zero-order valence-corrected chi connectivity index (χ0v) is 14.4. The quantitative estimate of drug-likeness (QED) is 0.882. The predicted octanol–water partition coefficient (Wildman–Crippen LogP) is 2.19. The van der Waals surface area contributed by atoms with Gasteiger partial charge in [-0.1, -0.05) is 22.0 Å². The van der Waals surface area contributed by atoms with Crippen LogP contribution >= 0.6 is 15.9 Å². The summed E-state index contributed by atoms with van der Waals surface area (Å²) in [5.41, 5.74) is 1.70. The maximum Gasteiger partial charge on any atom is 0.328 e. The molecule has 0 spiro atoms. The number of sulfonamides is 1. The molecule has 0 amide bonds. The summed E-state index contributed by atoms with van der Waals surface area (Å²) < 4.78 is 31.1. The largest absolute Gasteiger partial charge is 0.328 e. The third-order valence-electron chi connectivity index (χ3n) is 3.66. The average Bonchev–Trinajstić information content (AvgIpc) is 2.99. The summed E-state index contributed by atoms with van der Waals surface area (Å²) in [5, 5.41) is 0. The maximum atomic E-state index is 12.3. The molecular formula is C14H14BrN3O3S. The minimum atomic E-state index is -3.60. The highest BCUT2D eigenvalue weighted by molar-refractivity contribution is 9.11. The Kier molecular flexibility index (Phi) is 3.53. The van der Waals surface area contributed by atoms with E-state index in [0.717, 1.165) is 10.00 Å². The smallest absolute Gasteiger partial charge is 0.295 e. The Balaban J connectivity index is 1.98. The van der Waals surface area contributed by atoms with Gasteiger partial charge in [-0.2, -0.15) is 0 Å². The van der Waals surface area contributed by atoms with Crippen molar-refractivity contribution in [3.63, 3.8) is 0 Å². The van der Waals surface area contributed by atoms with Gasteiger partial charge in [0.1, 0.15) is 0 Å². The highest BCUT2D eigenvalue weighted by Gasteiger charge is 2.21. The normalized spacial score (nSPS) is 15.0. The van der Waals surface area contributed by atoms with Crippen LogP contribution in [0.15, 0.2) is 44.5 Å². The van der Waals surface area contributed by atoms with Crippen LogP contribution < -0.4 is 10.4 Å². The van der Waals surface area contributed by atoms with Crippen LogP contribution in [-0.4, -0.2) is 17.6 Å². The van der Waals surface area contributed by atoms with Crippen LogP contribution in [-0.2, 0) is 24.1 Å². The molecule has 0 saturated carbocycles. The molecule has 1 aromatic carbocycles. The van der Waals surface area contributed by atoms with Crippen molar-refractivity contribution >= 4 is 42.7 Å². The van der Waals surface area contributed by atoms with E-state index in [0.29, 0.717) is 22.5 Å². The number of nitrogens with zero attached hydrogens (tertiary/aromatic N) is 2. The first-order valence-electron chi connectivity index (χ1n) is 6.53. The van der Waals surface area contributed by atoms with Crippen molar-refractivity contribution in [1.29, 1.82) is 0 Å². The molecule has 116 valence electrons. The van der Waals surface area contributed by atoms with Gasteiger partial charge < -0.3 is 0 Å². The highest BCUT2D eigenvalue weighted by Crippen LogP contribution is 2.29. The summed E-state index contributed by atoms with van der Waals surface area (Å²) in [5.74, 6) is 0. The number of halogens is 1. The number of allylic oxidation sites excluding steroid dienone is 4. The Morgan fingerprint density at radius 1 is 1.14 bits per heavy atom. The number of anilines is 1. The Bertz CT molecular complexity index is 996. The number of hydrogen-bond donors (Lipinski definition) is 1. The molecule has 1 aromatic heterocycles. The van der Waals surface area contributed by atoms with Crippen molar-refractivity contribution in [2.24, 2.45) is 14.1 Å². The highest BCUT2D eigenvalue weighted by atomic mass is 79.9. The first kappa shape index (κ1) is 15.1. The topological polar surface area (TPSA) is 73.1 Å². The van der Waals surface area contributed by atoms with Gasteiger partial charge in [0.15, 0.2) is 0 Å². The lowest BCUT2D eigenvalue weighted by atomic mass is 10.3. The van der Waals surface area contributed by atoms with Crippen molar-refractivity contribution in [1.82, 2.24) is 9.13 Å². The van der Waals surface area contributed by atoms with Crippen LogP contribution in [0, 0.1) is 0 Å². The monoisotopic (exact) mass is 383 g/mol. The van der Waals surface area contributed by atoms with Gasteiger partial charge in [-0.15, -0.1) is 0 Å². The van der Waals surface area contributed by atoms with E-state index in [1.807, 2.05) is 0 Å². The molecule has 0 fully saturated rings. The number of benzene rings is 1. The number of fused-ring (bicyclic) bond motifs is 1. The molecule has 1 aliphatic rings. The van der Waals surface area contributed by atoms with Crippen molar-refractivity contribution in [2.45, 2.75) is 6.42 Å². The standard InChI is InChI=1S/C14H14BrN3O3S/c1-17-12-6-4-10(8-13(12)18(2)14(17)19)16-22(20,21)11-5-3-9(15)7-11/h3-6,8,16H,7H2,1-2H3. The average molecular weight is 384 g/mol. The van der Waals surface area contributed by atoms with Gasteiger partial charge in [-0.25, -0.2) is 13.2 Å². The summed E-state index contributed by atoms with van der Waals surface area (Å²) in [4.78, 5) is 12.2. The van der Waals surface area contributed by atoms with Crippen molar-refractivity contribution in [3.05, 3.63) is 50.2 Å². The summed E-state index contributed by atoms with van der Waals surface area (Å²) in [6.07, 6.45) is 3.64. The summed E-state index contributed by atoms with van der Waals surface area (Å²) >= 11 is 3.29. The van der Waals surface area contributed by atoms with Crippen LogP contribution in [0.4, 0.5) is 5.69 Å². The van der Waals surface area contributed by atoms with Crippen LogP contribution in [0.2, 0.25) is 0 Å². The zero-order chi connectivity index (χ0) is 16.1. The summed E-state index contributed by atoms with van der Waals surface area (Å²) in [6.45, 7) is 0. The zero-order valence-electron chi connectivity index (χ0n) is 12.0. The van der Waals surface area contributed by atoms with Gasteiger partial charge in [-0.05, 0) is 24.3 Å². The Morgan fingerprint density at radius 2 is 1.82 bits per heavy atom. The SMILES string of the molecule is Cn1c(=O)n(C)c2cc(NS(=O)(=O)C3=CC=C(Br)C3)ccc21. The molecule has 0 radical (unpaired) electrons. The van der Waals surface area contributed by atoms with Crippen molar-refractivity contribution in [2.75, 3.05) is 4.72 Å². The second-order valence-corrected chi connectivity index (χ2v) is 7.89. The lowest BCUT2D eigenvalue weighted by Gasteiger charge is -2.09. The maximum absolute atomic E-state index is 12.3. The van der Waals surface area contributed by atoms with E-state index in [2.05, 4.69) is 20.7 Å². The van der Waals surface area contributed by atoms with E-state index in [9.17, 15) is 13.2 Å². The number of rotatable bonds is 3. The van der Waals surface area contributed by atoms with Crippen LogP contribution in [0.1, 0.15) is 6.42 Å². The minimum absolute atomic E-state index is 0.151. The van der Waals surface area contributed by atoms with Crippen molar-refractivity contribution in [3.8, 4) is 0 Å². The molecule has 0 unspecified atom stereocenters. The number of aryl methyl sites for hydroxylation is 2. The van der Waals surface area contributed by atoms with E-state index in [4.69, 9.17) is 0 Å². The van der Waals surface area contributed by atoms with Gasteiger partial charge in [0.25, 0.3) is 10.0 Å². The van der Waals surface area contributed by atoms with E-state index >= 15 is 0 Å². The minimum Gasteiger partial charge on any atom is -0.295 e. The molecule has 0 aliphatic heterocycles. The van der Waals surface area contributed by atoms with Gasteiger partial charge >= 0.3 is 5.69 Å². The molecule has 1 N–H and O–H groups in total. The third-order valence-corrected chi connectivity index (χ3v) is 5.68. The van der Waals surface area contributed by atoms with E-state index in [1.54, 1.807) is 44.4 Å². The molecule has 0 bridgehead atoms. The Labute approximate surface area is 135 Å². The van der Waals surface area contributed by atoms with E-state index < -0.39 is 10.0 Å². The number of aromatic nitrogens is 2. The number of hydrogen-bond acceptors (Lipinski definition) is 3. The molecule has 22 heavy (non-hydrogen) atoms. The summed E-state index contributed by atoms with van der Waals surface area (Å²) in [7, 11) is -0.258. The molecule has 6 nitrogen and oxygen atoms in total. The second kappa shape index (κ2) is 5.13.